The van der Waals surface area contributed by atoms with Crippen LogP contribution in [0.15, 0.2) is 59.1 Å². The highest BCUT2D eigenvalue weighted by atomic mass is 79.9. The first-order chi connectivity index (χ1) is 9.76. The first-order valence-electron chi connectivity index (χ1n) is 6.45. The summed E-state index contributed by atoms with van der Waals surface area (Å²) in [6, 6.07) is 19.2. The van der Waals surface area contributed by atoms with E-state index in [1.54, 1.807) is 11.3 Å². The van der Waals surface area contributed by atoms with Gasteiger partial charge in [0.05, 0.1) is 6.04 Å². The maximum Gasteiger partial charge on any atom is 0.0593 e. The Balaban J connectivity index is 1.87. The topological polar surface area (TPSA) is 38.0 Å². The van der Waals surface area contributed by atoms with Gasteiger partial charge in [0.1, 0.15) is 0 Å². The normalized spacial score (nSPS) is 12.7. The van der Waals surface area contributed by atoms with Crippen LogP contribution < -0.4 is 11.3 Å². The van der Waals surface area contributed by atoms with Crippen LogP contribution in [-0.4, -0.2) is 0 Å². The molecule has 0 bridgehead atoms. The van der Waals surface area contributed by atoms with Gasteiger partial charge in [0, 0.05) is 14.0 Å². The molecule has 2 aromatic carbocycles. The van der Waals surface area contributed by atoms with Crippen LogP contribution in [0, 0.1) is 0 Å². The lowest BCUT2D eigenvalue weighted by Gasteiger charge is -2.14. The molecule has 0 saturated carbocycles. The van der Waals surface area contributed by atoms with E-state index in [0.29, 0.717) is 0 Å². The molecule has 0 saturated heterocycles. The summed E-state index contributed by atoms with van der Waals surface area (Å²) >= 11 is 5.26. The summed E-state index contributed by atoms with van der Waals surface area (Å²) in [7, 11) is 0. The number of benzene rings is 2. The number of fused-ring (bicyclic) bond motifs is 1. The fraction of sp³-hybridized carbons (Fsp3) is 0.125. The third-order valence-electron chi connectivity index (χ3n) is 3.34. The van der Waals surface area contributed by atoms with Crippen LogP contribution in [0.25, 0.3) is 10.1 Å². The lowest BCUT2D eigenvalue weighted by molar-refractivity contribution is 0.561. The first kappa shape index (κ1) is 13.8. The Morgan fingerprint density at radius 3 is 2.55 bits per heavy atom. The zero-order chi connectivity index (χ0) is 13.9. The summed E-state index contributed by atoms with van der Waals surface area (Å²) in [6.45, 7) is 0. The summed E-state index contributed by atoms with van der Waals surface area (Å²) in [5.41, 5.74) is 4.21. The molecule has 3 aromatic rings. The van der Waals surface area contributed by atoms with Crippen molar-refractivity contribution in [1.29, 1.82) is 0 Å². The number of thiophene rings is 1. The van der Waals surface area contributed by atoms with Gasteiger partial charge in [-0.05, 0) is 41.6 Å². The Morgan fingerprint density at radius 1 is 1.10 bits per heavy atom. The molecule has 4 heteroatoms. The maximum atomic E-state index is 5.75. The van der Waals surface area contributed by atoms with Crippen molar-refractivity contribution in [1.82, 2.24) is 5.43 Å². The molecule has 3 rings (SSSR count). The summed E-state index contributed by atoms with van der Waals surface area (Å²) in [5.74, 6) is 5.75. The SMILES string of the molecule is NNC(Cc1ccc(Br)cc1)c1cc2ccccc2s1. The number of nitrogens with one attached hydrogen (secondary N) is 1. The van der Waals surface area contributed by atoms with Gasteiger partial charge in [-0.1, -0.05) is 46.3 Å². The van der Waals surface area contributed by atoms with E-state index in [1.165, 1.54) is 20.5 Å². The molecule has 0 spiro atoms. The molecule has 1 atom stereocenters. The van der Waals surface area contributed by atoms with E-state index >= 15 is 0 Å². The number of hydrazine groups is 1. The minimum atomic E-state index is 0.147. The van der Waals surface area contributed by atoms with Crippen LogP contribution in [0.1, 0.15) is 16.5 Å². The Bertz CT molecular complexity index is 673. The minimum absolute atomic E-state index is 0.147. The van der Waals surface area contributed by atoms with Gasteiger partial charge in [0.2, 0.25) is 0 Å². The molecule has 1 heterocycles. The fourth-order valence-corrected chi connectivity index (χ4v) is 3.66. The zero-order valence-corrected chi connectivity index (χ0v) is 13.2. The van der Waals surface area contributed by atoms with Gasteiger partial charge < -0.3 is 0 Å². The van der Waals surface area contributed by atoms with E-state index in [9.17, 15) is 0 Å². The van der Waals surface area contributed by atoms with E-state index in [1.807, 2.05) is 0 Å². The number of hydrogen-bond acceptors (Lipinski definition) is 3. The van der Waals surface area contributed by atoms with Crippen LogP contribution in [0.5, 0.6) is 0 Å². The maximum absolute atomic E-state index is 5.75. The smallest absolute Gasteiger partial charge is 0.0593 e. The van der Waals surface area contributed by atoms with Gasteiger partial charge in [-0.25, -0.2) is 0 Å². The van der Waals surface area contributed by atoms with Crippen LogP contribution >= 0.6 is 27.3 Å². The van der Waals surface area contributed by atoms with Gasteiger partial charge >= 0.3 is 0 Å². The predicted octanol–water partition coefficient (Wildman–Crippen LogP) is 4.41. The lowest BCUT2D eigenvalue weighted by atomic mass is 10.0. The van der Waals surface area contributed by atoms with Crippen molar-refractivity contribution in [3.63, 3.8) is 0 Å². The number of hydrogen-bond donors (Lipinski definition) is 2. The van der Waals surface area contributed by atoms with E-state index in [4.69, 9.17) is 5.84 Å². The second-order valence-electron chi connectivity index (χ2n) is 4.74. The molecule has 3 N–H and O–H groups in total. The Morgan fingerprint density at radius 2 is 1.85 bits per heavy atom. The highest BCUT2D eigenvalue weighted by Gasteiger charge is 2.13. The van der Waals surface area contributed by atoms with Crippen molar-refractivity contribution in [2.75, 3.05) is 0 Å². The summed E-state index contributed by atoms with van der Waals surface area (Å²) in [4.78, 5) is 1.27. The van der Waals surface area contributed by atoms with Crippen molar-refractivity contribution >= 4 is 37.4 Å². The average Bonchev–Trinajstić information content (AvgIpc) is 2.90. The minimum Gasteiger partial charge on any atom is -0.271 e. The third-order valence-corrected chi connectivity index (χ3v) is 5.10. The van der Waals surface area contributed by atoms with E-state index in [0.717, 1.165) is 10.9 Å². The molecular formula is C16H15BrN2S. The molecule has 1 unspecified atom stereocenters. The van der Waals surface area contributed by atoms with Crippen molar-refractivity contribution in [3.8, 4) is 0 Å². The quantitative estimate of drug-likeness (QED) is 0.542. The summed E-state index contributed by atoms with van der Waals surface area (Å²) in [6.07, 6.45) is 0.886. The van der Waals surface area contributed by atoms with E-state index < -0.39 is 0 Å². The predicted molar refractivity (Wildman–Crippen MR) is 89.7 cm³/mol. The van der Waals surface area contributed by atoms with Gasteiger partial charge in [-0.15, -0.1) is 11.3 Å². The number of nitrogens with two attached hydrogens (primary N) is 1. The molecular weight excluding hydrogens is 332 g/mol. The molecule has 20 heavy (non-hydrogen) atoms. The second-order valence-corrected chi connectivity index (χ2v) is 6.77. The highest BCUT2D eigenvalue weighted by molar-refractivity contribution is 9.10. The van der Waals surface area contributed by atoms with Crippen molar-refractivity contribution in [3.05, 3.63) is 69.5 Å². The lowest BCUT2D eigenvalue weighted by Crippen LogP contribution is -2.28. The van der Waals surface area contributed by atoms with Crippen molar-refractivity contribution in [2.24, 2.45) is 5.84 Å². The molecule has 0 aliphatic rings. The Kier molecular flexibility index (Phi) is 4.17. The standard InChI is InChI=1S/C16H15BrN2S/c17-13-7-5-11(6-8-13)9-14(19-18)16-10-12-3-1-2-4-15(12)20-16/h1-8,10,14,19H,9,18H2. The van der Waals surface area contributed by atoms with E-state index in [2.05, 4.69) is 76.0 Å². The first-order valence-corrected chi connectivity index (χ1v) is 8.06. The molecule has 1 aromatic heterocycles. The van der Waals surface area contributed by atoms with E-state index in [-0.39, 0.29) is 6.04 Å². The van der Waals surface area contributed by atoms with Gasteiger partial charge in [0.25, 0.3) is 0 Å². The summed E-state index contributed by atoms with van der Waals surface area (Å²) in [5, 5.41) is 1.28. The molecule has 0 amide bonds. The molecule has 0 fully saturated rings. The monoisotopic (exact) mass is 346 g/mol. The molecule has 0 aliphatic carbocycles. The van der Waals surface area contributed by atoms with Gasteiger partial charge in [-0.3, -0.25) is 11.3 Å². The Labute approximate surface area is 130 Å². The van der Waals surface area contributed by atoms with Gasteiger partial charge in [0.15, 0.2) is 0 Å². The average molecular weight is 347 g/mol. The van der Waals surface area contributed by atoms with Gasteiger partial charge in [-0.2, -0.15) is 0 Å². The fourth-order valence-electron chi connectivity index (χ4n) is 2.27. The zero-order valence-electron chi connectivity index (χ0n) is 10.8. The third kappa shape index (κ3) is 2.94. The molecule has 2 nitrogen and oxygen atoms in total. The number of rotatable bonds is 4. The van der Waals surface area contributed by atoms with Crippen LogP contribution in [-0.2, 0) is 6.42 Å². The molecule has 0 radical (unpaired) electrons. The van der Waals surface area contributed by atoms with Crippen LogP contribution in [0.2, 0.25) is 0 Å². The second kappa shape index (κ2) is 6.06. The number of halogens is 1. The van der Waals surface area contributed by atoms with Crippen LogP contribution in [0.3, 0.4) is 0 Å². The van der Waals surface area contributed by atoms with Crippen LogP contribution in [0.4, 0.5) is 0 Å². The molecule has 0 aliphatic heterocycles. The summed E-state index contributed by atoms with van der Waals surface area (Å²) < 4.78 is 2.40. The largest absolute Gasteiger partial charge is 0.271 e. The van der Waals surface area contributed by atoms with Crippen molar-refractivity contribution < 1.29 is 0 Å². The van der Waals surface area contributed by atoms with Crippen molar-refractivity contribution in [2.45, 2.75) is 12.5 Å². The highest BCUT2D eigenvalue weighted by Crippen LogP contribution is 2.31. The molecule has 102 valence electrons. The Hall–Kier alpha value is -1.20.